The Labute approximate surface area is 146 Å². The maximum Gasteiger partial charge on any atom is 0.397 e. The van der Waals surface area contributed by atoms with Gasteiger partial charge >= 0.3 is 8.60 Å². The maximum atomic E-state index is 11.6. The Morgan fingerprint density at radius 2 is 1.50 bits per heavy atom. The predicted octanol–water partition coefficient (Wildman–Crippen LogP) is 1.43. The number of benzene rings is 1. The zero-order chi connectivity index (χ0) is 16.0. The van der Waals surface area contributed by atoms with E-state index in [0.717, 1.165) is 0 Å². The zero-order valence-electron chi connectivity index (χ0n) is 12.6. The molecule has 125 valence electrons. The minimum Gasteiger partial charge on any atom is -0.871 e. The standard InChI is InChI=1S/C11H8O3.C3H10O3P.Ag/c1-6(12)9-10(13)7-4-2-3-5-8(7)11(9)14;1-4-7(5-2)6-3;/h2-5,13H,1H3;7H,1-3H3;/q;+1;/p-1. The van der Waals surface area contributed by atoms with Gasteiger partial charge in [0.2, 0.25) is 0 Å². The summed E-state index contributed by atoms with van der Waals surface area (Å²) in [6, 6.07) is 6.47. The second kappa shape index (κ2) is 10.0. The summed E-state index contributed by atoms with van der Waals surface area (Å²) < 4.78 is 14.1. The Morgan fingerprint density at radius 1 is 1.05 bits per heavy atom. The summed E-state index contributed by atoms with van der Waals surface area (Å²) in [5, 5.41) is 11.6. The first kappa shape index (κ1) is 21.2. The Bertz CT molecular complexity index is 563. The summed E-state index contributed by atoms with van der Waals surface area (Å²) in [6.45, 7) is 1.23. The summed E-state index contributed by atoms with van der Waals surface area (Å²) in [4.78, 5) is 22.6. The molecule has 1 aromatic rings. The van der Waals surface area contributed by atoms with Gasteiger partial charge in [-0.25, -0.2) is 0 Å². The van der Waals surface area contributed by atoms with Crippen LogP contribution in [0.5, 0.6) is 0 Å². The van der Waals surface area contributed by atoms with E-state index in [-0.39, 0.29) is 28.0 Å². The monoisotopic (exact) mass is 419 g/mol. The number of hydrogen-bond donors (Lipinski definition) is 0. The van der Waals surface area contributed by atoms with Crippen molar-refractivity contribution in [3.05, 3.63) is 41.0 Å². The number of carbonyl (C=O) groups excluding carboxylic acids is 2. The van der Waals surface area contributed by atoms with Crippen molar-refractivity contribution < 1.29 is 50.6 Å². The predicted molar refractivity (Wildman–Crippen MR) is 77.7 cm³/mol. The van der Waals surface area contributed by atoms with Gasteiger partial charge in [0.15, 0.2) is 11.6 Å². The fourth-order valence-electron chi connectivity index (χ4n) is 1.82. The largest absolute Gasteiger partial charge is 0.871 e. The van der Waals surface area contributed by atoms with E-state index in [1.54, 1.807) is 45.6 Å². The molecule has 8 heteroatoms. The average Bonchev–Trinajstić information content (AvgIpc) is 2.74. The van der Waals surface area contributed by atoms with Crippen LogP contribution in [-0.2, 0) is 40.7 Å². The minimum atomic E-state index is -1.36. The van der Waals surface area contributed by atoms with E-state index in [1.165, 1.54) is 6.92 Å². The molecule has 0 fully saturated rings. The van der Waals surface area contributed by atoms with Crippen molar-refractivity contribution in [1.82, 2.24) is 0 Å². The van der Waals surface area contributed by atoms with Gasteiger partial charge < -0.3 is 5.11 Å². The fraction of sp³-hybridized carbons (Fsp3) is 0.286. The molecular formula is C14H17AgO6P. The van der Waals surface area contributed by atoms with Gasteiger partial charge in [0, 0.05) is 27.9 Å². The summed E-state index contributed by atoms with van der Waals surface area (Å²) >= 11 is 0. The molecule has 0 unspecified atom stereocenters. The van der Waals surface area contributed by atoms with Crippen molar-refractivity contribution in [2.24, 2.45) is 0 Å². The Morgan fingerprint density at radius 3 is 1.82 bits per heavy atom. The van der Waals surface area contributed by atoms with Gasteiger partial charge in [0.1, 0.15) is 0 Å². The molecule has 0 spiro atoms. The molecule has 0 saturated carbocycles. The minimum absolute atomic E-state index is 0. The van der Waals surface area contributed by atoms with Crippen molar-refractivity contribution in [1.29, 1.82) is 0 Å². The first-order valence-electron chi connectivity index (χ1n) is 6.03. The Balaban J connectivity index is 0.000000478. The number of ketones is 2. The quantitative estimate of drug-likeness (QED) is 0.417. The smallest absolute Gasteiger partial charge is 0.397 e. The molecule has 0 atom stereocenters. The van der Waals surface area contributed by atoms with Crippen LogP contribution in [-0.4, -0.2) is 32.9 Å². The number of hydrogen-bond acceptors (Lipinski definition) is 6. The zero-order valence-corrected chi connectivity index (χ0v) is 15.0. The molecule has 1 aliphatic carbocycles. The van der Waals surface area contributed by atoms with E-state index in [2.05, 4.69) is 0 Å². The third-order valence-electron chi connectivity index (χ3n) is 2.72. The van der Waals surface area contributed by atoms with Crippen LogP contribution in [0.25, 0.3) is 5.76 Å². The molecule has 0 saturated heterocycles. The first-order chi connectivity index (χ1) is 9.97. The molecule has 2 rings (SSSR count). The van der Waals surface area contributed by atoms with Crippen molar-refractivity contribution in [3.8, 4) is 0 Å². The number of rotatable bonds is 4. The Kier molecular flexibility index (Phi) is 9.64. The maximum absolute atomic E-state index is 11.6. The van der Waals surface area contributed by atoms with Crippen LogP contribution in [0, 0.1) is 0 Å². The molecule has 1 aromatic carbocycles. The van der Waals surface area contributed by atoms with Crippen molar-refractivity contribution in [2.45, 2.75) is 6.92 Å². The molecule has 1 radical (unpaired) electrons. The second-order valence-electron chi connectivity index (χ2n) is 4.00. The molecule has 0 aliphatic heterocycles. The normalized spacial score (nSPS) is 12.5. The molecule has 1 aliphatic rings. The summed E-state index contributed by atoms with van der Waals surface area (Å²) in [5.74, 6) is -1.35. The van der Waals surface area contributed by atoms with Crippen molar-refractivity contribution in [3.63, 3.8) is 0 Å². The summed E-state index contributed by atoms with van der Waals surface area (Å²) in [7, 11) is 3.31. The van der Waals surface area contributed by atoms with E-state index in [1.807, 2.05) is 0 Å². The molecular weight excluding hydrogens is 403 g/mol. The van der Waals surface area contributed by atoms with Gasteiger partial charge in [-0.2, -0.15) is 13.6 Å². The number of allylic oxidation sites excluding steroid dienone is 1. The van der Waals surface area contributed by atoms with Gasteiger partial charge in [0.25, 0.3) is 0 Å². The van der Waals surface area contributed by atoms with Crippen molar-refractivity contribution in [2.75, 3.05) is 21.3 Å². The number of carbonyl (C=O) groups is 2. The van der Waals surface area contributed by atoms with Crippen LogP contribution in [0.2, 0.25) is 0 Å². The van der Waals surface area contributed by atoms with Crippen LogP contribution in [0.3, 0.4) is 0 Å². The van der Waals surface area contributed by atoms with Gasteiger partial charge in [-0.1, -0.05) is 30.0 Å². The van der Waals surface area contributed by atoms with Crippen LogP contribution < -0.4 is 5.11 Å². The summed E-state index contributed by atoms with van der Waals surface area (Å²) in [5.41, 5.74) is 0.455. The molecule has 22 heavy (non-hydrogen) atoms. The topological polar surface area (TPSA) is 84.9 Å². The van der Waals surface area contributed by atoms with Crippen LogP contribution >= 0.6 is 8.60 Å². The average molecular weight is 420 g/mol. The van der Waals surface area contributed by atoms with E-state index < -0.39 is 25.9 Å². The molecule has 0 heterocycles. The second-order valence-corrected chi connectivity index (χ2v) is 5.72. The van der Waals surface area contributed by atoms with Gasteiger partial charge in [-0.05, 0) is 12.5 Å². The number of fused-ring (bicyclic) bond motifs is 1. The fourth-order valence-corrected chi connectivity index (χ4v) is 2.32. The molecule has 0 N–H and O–H groups in total. The van der Waals surface area contributed by atoms with Gasteiger partial charge in [0.05, 0.1) is 26.9 Å². The van der Waals surface area contributed by atoms with Crippen LogP contribution in [0.15, 0.2) is 29.8 Å². The Hall–Kier alpha value is -0.850. The number of Topliss-reactive ketones (excluding diaryl/α,β-unsaturated/α-hetero) is 2. The van der Waals surface area contributed by atoms with E-state index >= 15 is 0 Å². The van der Waals surface area contributed by atoms with Crippen LogP contribution in [0.4, 0.5) is 0 Å². The molecule has 0 bridgehead atoms. The molecule has 0 aromatic heterocycles. The van der Waals surface area contributed by atoms with E-state index in [4.69, 9.17) is 13.6 Å². The van der Waals surface area contributed by atoms with E-state index in [0.29, 0.717) is 11.1 Å². The van der Waals surface area contributed by atoms with Crippen LogP contribution in [0.1, 0.15) is 22.8 Å². The summed E-state index contributed by atoms with van der Waals surface area (Å²) in [6.07, 6.45) is 0. The third-order valence-corrected chi connectivity index (χ3v) is 3.72. The molecule has 6 nitrogen and oxygen atoms in total. The van der Waals surface area contributed by atoms with E-state index in [9.17, 15) is 14.7 Å². The van der Waals surface area contributed by atoms with Gasteiger partial charge in [-0.3, -0.25) is 9.59 Å². The first-order valence-corrected chi connectivity index (χ1v) is 7.25. The van der Waals surface area contributed by atoms with Gasteiger partial charge in [-0.15, -0.1) is 0 Å². The van der Waals surface area contributed by atoms with Crippen molar-refractivity contribution >= 4 is 25.9 Å². The third kappa shape index (κ3) is 4.83. The molecule has 0 amide bonds. The SMILES string of the molecule is CC(=O)C1=C([O-])c2ccccc2C1=O.CO[PH+](OC)OC.[Ag].